The number of methoxy groups -OCH3 is 2. The largest absolute Gasteiger partial charge is 0.479 e. The lowest BCUT2D eigenvalue weighted by Gasteiger charge is -2.20. The molecule has 0 aromatic rings. The second kappa shape index (κ2) is 6.75. The Labute approximate surface area is 91.7 Å². The van der Waals surface area contributed by atoms with Gasteiger partial charge in [0.2, 0.25) is 0 Å². The smallest absolute Gasteiger partial charge is 0.336 e. The number of rotatable bonds is 5. The predicted octanol–water partition coefficient (Wildman–Crippen LogP) is -0.910. The van der Waals surface area contributed by atoms with Crippen molar-refractivity contribution in [3.05, 3.63) is 0 Å². The van der Waals surface area contributed by atoms with E-state index in [4.69, 9.17) is 5.11 Å². The lowest BCUT2D eigenvalue weighted by Crippen LogP contribution is -2.43. The van der Waals surface area contributed by atoms with Crippen LogP contribution in [0.3, 0.4) is 0 Å². The SMILES string of the molecule is COC(=O)CC(O)(CC(=O)OC)C(=O)O.N. The quantitative estimate of drug-likeness (QED) is 0.521. The molecule has 0 bridgehead atoms. The summed E-state index contributed by atoms with van der Waals surface area (Å²) >= 11 is 0. The number of esters is 2. The van der Waals surface area contributed by atoms with Crippen LogP contribution >= 0.6 is 0 Å². The number of aliphatic hydroxyl groups is 1. The third-order valence-corrected chi connectivity index (χ3v) is 1.73. The molecule has 0 aliphatic heterocycles. The fourth-order valence-corrected chi connectivity index (χ4v) is 0.836. The van der Waals surface area contributed by atoms with E-state index >= 15 is 0 Å². The van der Waals surface area contributed by atoms with E-state index in [1.165, 1.54) is 0 Å². The van der Waals surface area contributed by atoms with Crippen molar-refractivity contribution in [2.45, 2.75) is 18.4 Å². The highest BCUT2D eigenvalue weighted by atomic mass is 16.5. The fraction of sp³-hybridized carbons (Fsp3) is 0.625. The molecule has 0 unspecified atom stereocenters. The summed E-state index contributed by atoms with van der Waals surface area (Å²) in [5, 5.41) is 18.1. The van der Waals surface area contributed by atoms with Gasteiger partial charge in [-0.1, -0.05) is 0 Å². The van der Waals surface area contributed by atoms with Crippen LogP contribution in [-0.4, -0.2) is 47.9 Å². The van der Waals surface area contributed by atoms with Crippen LogP contribution in [0.2, 0.25) is 0 Å². The Morgan fingerprint density at radius 1 is 1.06 bits per heavy atom. The normalized spacial score (nSPS) is 9.94. The molecule has 0 aromatic carbocycles. The van der Waals surface area contributed by atoms with Crippen LogP contribution in [-0.2, 0) is 23.9 Å². The summed E-state index contributed by atoms with van der Waals surface area (Å²) in [6.45, 7) is 0. The van der Waals surface area contributed by atoms with Crippen LogP contribution in [0.15, 0.2) is 0 Å². The third-order valence-electron chi connectivity index (χ3n) is 1.73. The van der Waals surface area contributed by atoms with Gasteiger partial charge in [0.25, 0.3) is 0 Å². The first-order valence-electron chi connectivity index (χ1n) is 3.95. The third kappa shape index (κ3) is 4.71. The van der Waals surface area contributed by atoms with Gasteiger partial charge in [-0.05, 0) is 0 Å². The minimum Gasteiger partial charge on any atom is -0.479 e. The van der Waals surface area contributed by atoms with Crippen LogP contribution < -0.4 is 6.15 Å². The molecule has 0 saturated heterocycles. The maximum Gasteiger partial charge on any atom is 0.336 e. The molecule has 5 N–H and O–H groups in total. The van der Waals surface area contributed by atoms with Crippen LogP contribution in [0.4, 0.5) is 0 Å². The summed E-state index contributed by atoms with van der Waals surface area (Å²) in [7, 11) is 2.09. The lowest BCUT2D eigenvalue weighted by atomic mass is 9.96. The molecule has 8 heteroatoms. The average molecular weight is 237 g/mol. The molecule has 8 nitrogen and oxygen atoms in total. The topological polar surface area (TPSA) is 145 Å². The molecular formula is C8H15NO7. The van der Waals surface area contributed by atoms with E-state index in [0.29, 0.717) is 0 Å². The highest BCUT2D eigenvalue weighted by Crippen LogP contribution is 2.17. The van der Waals surface area contributed by atoms with Gasteiger partial charge in [-0.2, -0.15) is 0 Å². The van der Waals surface area contributed by atoms with Crippen molar-refractivity contribution >= 4 is 17.9 Å². The number of carbonyl (C=O) groups excluding carboxylic acids is 2. The monoisotopic (exact) mass is 237 g/mol. The first-order chi connectivity index (χ1) is 6.85. The molecule has 0 aromatic heterocycles. The number of carboxylic acid groups (broad SMARTS) is 1. The van der Waals surface area contributed by atoms with Crippen molar-refractivity contribution in [2.24, 2.45) is 0 Å². The lowest BCUT2D eigenvalue weighted by molar-refractivity contribution is -0.171. The zero-order chi connectivity index (χ0) is 12.1. The molecule has 0 spiro atoms. The number of carbonyl (C=O) groups is 3. The van der Waals surface area contributed by atoms with Gasteiger partial charge >= 0.3 is 17.9 Å². The van der Waals surface area contributed by atoms with Gasteiger partial charge < -0.3 is 25.8 Å². The van der Waals surface area contributed by atoms with Gasteiger partial charge in [0.05, 0.1) is 27.1 Å². The Kier molecular flexibility index (Phi) is 7.06. The second-order valence-corrected chi connectivity index (χ2v) is 2.84. The van der Waals surface area contributed by atoms with E-state index in [-0.39, 0.29) is 6.15 Å². The molecule has 0 aliphatic rings. The van der Waals surface area contributed by atoms with Crippen LogP contribution in [0.1, 0.15) is 12.8 Å². The fourth-order valence-electron chi connectivity index (χ4n) is 0.836. The molecule has 0 rings (SSSR count). The van der Waals surface area contributed by atoms with E-state index in [0.717, 1.165) is 14.2 Å². The Balaban J connectivity index is 0. The number of aliphatic carboxylic acids is 1. The highest BCUT2D eigenvalue weighted by molar-refractivity contribution is 5.88. The molecule has 0 radical (unpaired) electrons. The number of hydrogen-bond donors (Lipinski definition) is 3. The maximum absolute atomic E-state index is 10.8. The Hall–Kier alpha value is -1.67. The summed E-state index contributed by atoms with van der Waals surface area (Å²) in [5.74, 6) is -3.54. The standard InChI is InChI=1S/C8H12O7.H3N/c1-14-5(9)3-8(13,7(11)12)4-6(10)15-2;/h13H,3-4H2,1-2H3,(H,11,12);1H3. The predicted molar refractivity (Wildman–Crippen MR) is 50.9 cm³/mol. The van der Waals surface area contributed by atoms with Crippen LogP contribution in [0, 0.1) is 0 Å². The summed E-state index contributed by atoms with van der Waals surface area (Å²) < 4.78 is 8.39. The summed E-state index contributed by atoms with van der Waals surface area (Å²) in [6.07, 6.45) is -1.62. The van der Waals surface area contributed by atoms with Gasteiger partial charge in [-0.3, -0.25) is 9.59 Å². The molecule has 94 valence electrons. The van der Waals surface area contributed by atoms with Crippen LogP contribution in [0.25, 0.3) is 0 Å². The average Bonchev–Trinajstić information content (AvgIpc) is 2.16. The molecule has 16 heavy (non-hydrogen) atoms. The maximum atomic E-state index is 10.8. The van der Waals surface area contributed by atoms with E-state index < -0.39 is 36.4 Å². The molecule has 0 amide bonds. The van der Waals surface area contributed by atoms with E-state index in [2.05, 4.69) is 9.47 Å². The second-order valence-electron chi connectivity index (χ2n) is 2.84. The summed E-state index contributed by atoms with van der Waals surface area (Å²) in [4.78, 5) is 32.3. The van der Waals surface area contributed by atoms with Crippen molar-refractivity contribution in [2.75, 3.05) is 14.2 Å². The molecule has 0 heterocycles. The Morgan fingerprint density at radius 3 is 1.56 bits per heavy atom. The first-order valence-corrected chi connectivity index (χ1v) is 3.95. The zero-order valence-corrected chi connectivity index (χ0v) is 9.06. The number of ether oxygens (including phenoxy) is 2. The van der Waals surface area contributed by atoms with Crippen molar-refractivity contribution in [3.63, 3.8) is 0 Å². The minimum atomic E-state index is -2.49. The molecular weight excluding hydrogens is 222 g/mol. The van der Waals surface area contributed by atoms with E-state index in [1.54, 1.807) is 0 Å². The first kappa shape index (κ1) is 16.7. The van der Waals surface area contributed by atoms with Crippen molar-refractivity contribution < 1.29 is 34.1 Å². The van der Waals surface area contributed by atoms with E-state index in [9.17, 15) is 19.5 Å². The van der Waals surface area contributed by atoms with Gasteiger partial charge in [0.1, 0.15) is 0 Å². The van der Waals surface area contributed by atoms with Gasteiger partial charge in [-0.15, -0.1) is 0 Å². The van der Waals surface area contributed by atoms with Crippen LogP contribution in [0.5, 0.6) is 0 Å². The van der Waals surface area contributed by atoms with Gasteiger partial charge in [0.15, 0.2) is 5.60 Å². The molecule has 0 saturated carbocycles. The molecule has 0 fully saturated rings. The number of carboxylic acids is 1. The van der Waals surface area contributed by atoms with Gasteiger partial charge in [-0.25, -0.2) is 4.79 Å². The minimum absolute atomic E-state index is 0. The van der Waals surface area contributed by atoms with Crippen molar-refractivity contribution in [3.8, 4) is 0 Å². The molecule has 0 aliphatic carbocycles. The molecule has 0 atom stereocenters. The Morgan fingerprint density at radius 2 is 1.38 bits per heavy atom. The Bertz CT molecular complexity index is 258. The van der Waals surface area contributed by atoms with Crippen molar-refractivity contribution in [1.29, 1.82) is 0 Å². The summed E-state index contributed by atoms with van der Waals surface area (Å²) in [6, 6.07) is 0. The van der Waals surface area contributed by atoms with Gasteiger partial charge in [0, 0.05) is 0 Å². The zero-order valence-electron chi connectivity index (χ0n) is 9.06. The highest BCUT2D eigenvalue weighted by Gasteiger charge is 2.41. The van der Waals surface area contributed by atoms with E-state index in [1.807, 2.05) is 0 Å². The van der Waals surface area contributed by atoms with Crippen molar-refractivity contribution in [1.82, 2.24) is 6.15 Å². The number of hydrogen-bond acceptors (Lipinski definition) is 7. The summed E-state index contributed by atoms with van der Waals surface area (Å²) in [5.41, 5.74) is -2.49.